The van der Waals surface area contributed by atoms with Crippen molar-refractivity contribution in [3.63, 3.8) is 0 Å². The van der Waals surface area contributed by atoms with E-state index in [1.54, 1.807) is 24.3 Å². The van der Waals surface area contributed by atoms with E-state index in [9.17, 15) is 19.2 Å². The highest BCUT2D eigenvalue weighted by Gasteiger charge is 2.26. The number of carboxylic acids is 2. The zero-order valence-corrected chi connectivity index (χ0v) is 13.1. The molecule has 129 valence electrons. The maximum atomic E-state index is 12.3. The molecule has 2 atom stereocenters. The van der Waals surface area contributed by atoms with Gasteiger partial charge in [-0.15, -0.1) is 0 Å². The van der Waals surface area contributed by atoms with Crippen LogP contribution < -0.4 is 10.6 Å². The van der Waals surface area contributed by atoms with Gasteiger partial charge < -0.3 is 20.8 Å². The Morgan fingerprint density at radius 2 is 1.83 bits per heavy atom. The van der Waals surface area contributed by atoms with Crippen molar-refractivity contribution in [2.75, 3.05) is 0 Å². The summed E-state index contributed by atoms with van der Waals surface area (Å²) in [7, 11) is 0. The van der Waals surface area contributed by atoms with Gasteiger partial charge in [0.15, 0.2) is 0 Å². The number of aliphatic carboxylic acids is 2. The van der Waals surface area contributed by atoms with Crippen molar-refractivity contribution in [2.24, 2.45) is 0 Å². The molecular formula is C16H19N2O6. The number of carbonyl (C=O) groups is 4. The van der Waals surface area contributed by atoms with Crippen molar-refractivity contribution >= 4 is 23.8 Å². The van der Waals surface area contributed by atoms with Gasteiger partial charge in [-0.2, -0.15) is 0 Å². The molecule has 8 heteroatoms. The van der Waals surface area contributed by atoms with Gasteiger partial charge in [0.05, 0.1) is 0 Å². The summed E-state index contributed by atoms with van der Waals surface area (Å²) in [6.45, 7) is 1.24. The van der Waals surface area contributed by atoms with Gasteiger partial charge in [0, 0.05) is 19.8 Å². The summed E-state index contributed by atoms with van der Waals surface area (Å²) >= 11 is 0. The lowest BCUT2D eigenvalue weighted by molar-refractivity contribution is -0.143. The fourth-order valence-electron chi connectivity index (χ4n) is 2.03. The molecule has 24 heavy (non-hydrogen) atoms. The Balaban J connectivity index is 2.79. The van der Waals surface area contributed by atoms with E-state index in [-0.39, 0.29) is 12.8 Å². The number of carboxylic acid groups (broad SMARTS) is 2. The number of carbonyl (C=O) groups excluding carboxylic acids is 2. The molecule has 1 radical (unpaired) electrons. The Labute approximate surface area is 138 Å². The van der Waals surface area contributed by atoms with E-state index in [1.807, 2.05) is 0 Å². The molecule has 0 aliphatic rings. The van der Waals surface area contributed by atoms with Crippen LogP contribution in [0.25, 0.3) is 0 Å². The van der Waals surface area contributed by atoms with Crippen LogP contribution in [0.2, 0.25) is 0 Å². The summed E-state index contributed by atoms with van der Waals surface area (Å²) < 4.78 is 0. The molecular weight excluding hydrogens is 316 g/mol. The van der Waals surface area contributed by atoms with Crippen LogP contribution in [-0.2, 0) is 25.6 Å². The highest BCUT2D eigenvalue weighted by Crippen LogP contribution is 2.05. The van der Waals surface area contributed by atoms with Crippen molar-refractivity contribution in [1.29, 1.82) is 0 Å². The minimum absolute atomic E-state index is 0.136. The molecule has 0 bridgehead atoms. The first-order valence-corrected chi connectivity index (χ1v) is 7.27. The first-order chi connectivity index (χ1) is 11.3. The molecule has 0 spiro atoms. The molecule has 1 aromatic carbocycles. The highest BCUT2D eigenvalue weighted by molar-refractivity contribution is 5.90. The molecule has 0 saturated carbocycles. The van der Waals surface area contributed by atoms with Gasteiger partial charge in [0.1, 0.15) is 12.1 Å². The Morgan fingerprint density at radius 3 is 2.33 bits per heavy atom. The lowest BCUT2D eigenvalue weighted by Gasteiger charge is -2.20. The second kappa shape index (κ2) is 9.29. The normalized spacial score (nSPS) is 12.7. The smallest absolute Gasteiger partial charge is 0.326 e. The van der Waals surface area contributed by atoms with Crippen LogP contribution in [0.3, 0.4) is 0 Å². The predicted molar refractivity (Wildman–Crippen MR) is 83.0 cm³/mol. The summed E-state index contributed by atoms with van der Waals surface area (Å²) in [6.07, 6.45) is -0.507. The first-order valence-electron chi connectivity index (χ1n) is 7.27. The predicted octanol–water partition coefficient (Wildman–Crippen LogP) is -0.0318. The van der Waals surface area contributed by atoms with Gasteiger partial charge in [-0.05, 0) is 18.1 Å². The fraction of sp³-hybridized carbons (Fsp3) is 0.375. The van der Waals surface area contributed by atoms with Crippen LogP contribution in [0.5, 0.6) is 0 Å². The molecule has 8 nitrogen and oxygen atoms in total. The maximum Gasteiger partial charge on any atom is 0.326 e. The molecule has 0 aromatic heterocycles. The summed E-state index contributed by atoms with van der Waals surface area (Å²) in [6, 6.07) is 7.48. The number of benzene rings is 1. The number of amides is 2. The quantitative estimate of drug-likeness (QED) is 0.501. The molecule has 0 heterocycles. The minimum atomic E-state index is -1.34. The van der Waals surface area contributed by atoms with Gasteiger partial charge in [-0.3, -0.25) is 14.4 Å². The Kier molecular flexibility index (Phi) is 7.41. The van der Waals surface area contributed by atoms with Gasteiger partial charge in [0.25, 0.3) is 0 Å². The van der Waals surface area contributed by atoms with Gasteiger partial charge in [-0.25, -0.2) is 4.79 Å². The molecule has 4 N–H and O–H groups in total. The maximum absolute atomic E-state index is 12.3. The zero-order valence-electron chi connectivity index (χ0n) is 13.1. The second-order valence-electron chi connectivity index (χ2n) is 5.18. The average molecular weight is 335 g/mol. The van der Waals surface area contributed by atoms with Gasteiger partial charge >= 0.3 is 11.9 Å². The average Bonchev–Trinajstić information content (AvgIpc) is 2.50. The molecule has 1 aromatic rings. The molecule has 2 amide bonds. The first kappa shape index (κ1) is 19.1. The largest absolute Gasteiger partial charge is 0.481 e. The Hall–Kier alpha value is -2.90. The van der Waals surface area contributed by atoms with Crippen LogP contribution in [0.15, 0.2) is 24.3 Å². The molecule has 1 rings (SSSR count). The van der Waals surface area contributed by atoms with Gasteiger partial charge in [0.2, 0.25) is 11.8 Å². The molecule has 1 unspecified atom stereocenters. The number of rotatable bonds is 9. The molecule has 0 aliphatic carbocycles. The zero-order chi connectivity index (χ0) is 18.1. The SMILES string of the molecule is CC(=O)NC(Cc1[c]cccc1)C(=O)N[C@H](CCC(=O)O)C(=O)O. The van der Waals surface area contributed by atoms with E-state index >= 15 is 0 Å². The number of nitrogens with one attached hydrogen (secondary N) is 2. The topological polar surface area (TPSA) is 133 Å². The van der Waals surface area contributed by atoms with Crippen LogP contribution in [-0.4, -0.2) is 46.0 Å². The minimum Gasteiger partial charge on any atom is -0.481 e. The van der Waals surface area contributed by atoms with E-state index in [0.717, 1.165) is 0 Å². The van der Waals surface area contributed by atoms with E-state index in [4.69, 9.17) is 10.2 Å². The van der Waals surface area contributed by atoms with E-state index in [0.29, 0.717) is 5.56 Å². The van der Waals surface area contributed by atoms with Gasteiger partial charge in [-0.1, -0.05) is 24.3 Å². The third-order valence-electron chi connectivity index (χ3n) is 3.15. The Bertz CT molecular complexity index is 602. The van der Waals surface area contributed by atoms with E-state index in [2.05, 4.69) is 16.7 Å². The van der Waals surface area contributed by atoms with Crippen LogP contribution in [0.4, 0.5) is 0 Å². The number of hydrogen-bond donors (Lipinski definition) is 4. The van der Waals surface area contributed by atoms with Crippen LogP contribution in [0.1, 0.15) is 25.3 Å². The second-order valence-corrected chi connectivity index (χ2v) is 5.18. The lowest BCUT2D eigenvalue weighted by atomic mass is 10.0. The standard InChI is InChI=1S/C16H19N2O6/c1-10(19)17-13(9-11-5-3-2-4-6-11)15(22)18-12(16(23)24)7-8-14(20)21/h2-5,12-13H,7-9H2,1H3,(H,17,19)(H,18,22)(H,20,21)(H,23,24)/t12-,13?/m1/s1. The third kappa shape index (κ3) is 6.91. The third-order valence-corrected chi connectivity index (χ3v) is 3.15. The number of hydrogen-bond acceptors (Lipinski definition) is 4. The molecule has 0 fully saturated rings. The summed E-state index contributed by atoms with van der Waals surface area (Å²) in [5.74, 6) is -3.63. The van der Waals surface area contributed by atoms with Crippen LogP contribution >= 0.6 is 0 Å². The van der Waals surface area contributed by atoms with E-state index in [1.165, 1.54) is 6.92 Å². The summed E-state index contributed by atoms with van der Waals surface area (Å²) in [5, 5.41) is 22.4. The summed E-state index contributed by atoms with van der Waals surface area (Å²) in [5.41, 5.74) is 0.670. The Morgan fingerprint density at radius 1 is 1.12 bits per heavy atom. The lowest BCUT2D eigenvalue weighted by Crippen LogP contribution is -2.52. The highest BCUT2D eigenvalue weighted by atomic mass is 16.4. The monoisotopic (exact) mass is 335 g/mol. The van der Waals surface area contributed by atoms with Crippen molar-refractivity contribution in [3.8, 4) is 0 Å². The summed E-state index contributed by atoms with van der Waals surface area (Å²) in [4.78, 5) is 45.3. The molecule has 0 aliphatic heterocycles. The van der Waals surface area contributed by atoms with Crippen LogP contribution in [0, 0.1) is 6.07 Å². The van der Waals surface area contributed by atoms with Crippen molar-refractivity contribution in [1.82, 2.24) is 10.6 Å². The van der Waals surface area contributed by atoms with Crippen molar-refractivity contribution < 1.29 is 29.4 Å². The van der Waals surface area contributed by atoms with Crippen molar-refractivity contribution in [3.05, 3.63) is 35.9 Å². The fourth-order valence-corrected chi connectivity index (χ4v) is 2.03. The van der Waals surface area contributed by atoms with E-state index < -0.39 is 42.3 Å². The molecule has 0 saturated heterocycles. The van der Waals surface area contributed by atoms with Crippen molar-refractivity contribution in [2.45, 2.75) is 38.3 Å².